The summed E-state index contributed by atoms with van der Waals surface area (Å²) in [6.07, 6.45) is 1.54. The number of halogens is 1. The quantitative estimate of drug-likeness (QED) is 0.484. The Morgan fingerprint density at radius 2 is 1.68 bits per heavy atom. The molecule has 0 aliphatic rings. The molecule has 0 atom stereocenters. The topological polar surface area (TPSA) is 44.7 Å². The van der Waals surface area contributed by atoms with Gasteiger partial charge in [0.15, 0.2) is 0 Å². The number of hydrogen-bond donors (Lipinski definition) is 1. The van der Waals surface area contributed by atoms with Crippen LogP contribution in [0, 0.1) is 5.82 Å². The van der Waals surface area contributed by atoms with Crippen LogP contribution >= 0.6 is 0 Å². The minimum Gasteiger partial charge on any atom is -0.367 e. The third-order valence-corrected chi connectivity index (χ3v) is 4.35. The van der Waals surface area contributed by atoms with Crippen molar-refractivity contribution in [3.05, 3.63) is 101 Å². The maximum Gasteiger partial charge on any atom is 0.274 e. The molecule has 5 heteroatoms. The van der Waals surface area contributed by atoms with Crippen molar-refractivity contribution in [3.63, 3.8) is 0 Å². The third-order valence-electron chi connectivity index (χ3n) is 4.35. The summed E-state index contributed by atoms with van der Waals surface area (Å²) in [5, 5.41) is 3.92. The summed E-state index contributed by atoms with van der Waals surface area (Å²) in [5.41, 5.74) is 5.52. The molecule has 3 aromatic carbocycles. The molecule has 3 aromatic rings. The number of hydrogen-bond acceptors (Lipinski definition) is 3. The van der Waals surface area contributed by atoms with Crippen molar-refractivity contribution < 1.29 is 9.18 Å². The number of nitrogens with one attached hydrogen (secondary N) is 1. The molecule has 0 unspecified atom stereocenters. The van der Waals surface area contributed by atoms with Gasteiger partial charge in [-0.2, -0.15) is 5.10 Å². The Bertz CT molecular complexity index is 940. The van der Waals surface area contributed by atoms with Gasteiger partial charge >= 0.3 is 0 Å². The number of benzene rings is 3. The van der Waals surface area contributed by atoms with Crippen LogP contribution in [0.15, 0.2) is 84.0 Å². The van der Waals surface area contributed by atoms with E-state index in [0.29, 0.717) is 0 Å². The summed E-state index contributed by atoms with van der Waals surface area (Å²) >= 11 is 0. The Balaban J connectivity index is 1.61. The van der Waals surface area contributed by atoms with Crippen molar-refractivity contribution >= 4 is 17.8 Å². The second-order valence-electron chi connectivity index (χ2n) is 6.27. The molecular weight excluding hydrogens is 353 g/mol. The average Bonchev–Trinajstić information content (AvgIpc) is 2.73. The first-order valence-corrected chi connectivity index (χ1v) is 9.14. The molecular formula is C23H22FN3O. The van der Waals surface area contributed by atoms with E-state index in [1.165, 1.54) is 30.0 Å². The van der Waals surface area contributed by atoms with E-state index in [1.54, 1.807) is 6.07 Å². The molecule has 0 aliphatic carbocycles. The molecule has 142 valence electrons. The van der Waals surface area contributed by atoms with Gasteiger partial charge in [0.1, 0.15) is 5.82 Å². The van der Waals surface area contributed by atoms with Crippen LogP contribution in [0.4, 0.5) is 10.1 Å². The van der Waals surface area contributed by atoms with Gasteiger partial charge < -0.3 is 4.90 Å². The average molecular weight is 375 g/mol. The van der Waals surface area contributed by atoms with Crippen molar-refractivity contribution in [1.82, 2.24) is 5.43 Å². The van der Waals surface area contributed by atoms with Gasteiger partial charge in [0.25, 0.3) is 5.91 Å². The number of rotatable bonds is 7. The van der Waals surface area contributed by atoms with Gasteiger partial charge in [-0.1, -0.05) is 54.6 Å². The van der Waals surface area contributed by atoms with Gasteiger partial charge in [0, 0.05) is 18.8 Å². The van der Waals surface area contributed by atoms with Gasteiger partial charge in [-0.25, -0.2) is 9.82 Å². The Morgan fingerprint density at radius 3 is 2.36 bits per heavy atom. The molecule has 3 rings (SSSR count). The van der Waals surface area contributed by atoms with E-state index >= 15 is 0 Å². The van der Waals surface area contributed by atoms with Crippen LogP contribution in [0.1, 0.15) is 28.4 Å². The fourth-order valence-corrected chi connectivity index (χ4v) is 2.83. The van der Waals surface area contributed by atoms with Crippen molar-refractivity contribution in [2.24, 2.45) is 5.10 Å². The van der Waals surface area contributed by atoms with Crippen LogP contribution in [0.2, 0.25) is 0 Å². The van der Waals surface area contributed by atoms with Crippen LogP contribution in [0.5, 0.6) is 0 Å². The molecule has 0 spiro atoms. The SMILES string of the molecule is CCN(Cc1ccccc1)c1ccc(C=NNC(=O)c2ccccc2F)cc1. The molecule has 1 amide bonds. The molecule has 0 aromatic heterocycles. The summed E-state index contributed by atoms with van der Waals surface area (Å²) in [6.45, 7) is 3.85. The second kappa shape index (κ2) is 9.46. The van der Waals surface area contributed by atoms with E-state index in [1.807, 2.05) is 42.5 Å². The smallest absolute Gasteiger partial charge is 0.274 e. The van der Waals surface area contributed by atoms with E-state index in [0.717, 1.165) is 24.3 Å². The third kappa shape index (κ3) is 5.04. The lowest BCUT2D eigenvalue weighted by atomic mass is 10.1. The van der Waals surface area contributed by atoms with Crippen molar-refractivity contribution in [3.8, 4) is 0 Å². The Morgan fingerprint density at radius 1 is 1.00 bits per heavy atom. The van der Waals surface area contributed by atoms with Gasteiger partial charge in [-0.05, 0) is 42.3 Å². The Hall–Kier alpha value is -3.47. The number of anilines is 1. The lowest BCUT2D eigenvalue weighted by Crippen LogP contribution is -2.21. The first-order chi connectivity index (χ1) is 13.7. The Labute approximate surface area is 164 Å². The molecule has 0 saturated carbocycles. The number of amides is 1. The van der Waals surface area contributed by atoms with E-state index < -0.39 is 11.7 Å². The lowest BCUT2D eigenvalue weighted by Gasteiger charge is -2.23. The zero-order valence-corrected chi connectivity index (χ0v) is 15.7. The molecule has 0 aliphatic heterocycles. The van der Waals surface area contributed by atoms with E-state index in [4.69, 9.17) is 0 Å². The van der Waals surface area contributed by atoms with Crippen molar-refractivity contribution in [2.45, 2.75) is 13.5 Å². The van der Waals surface area contributed by atoms with Crippen molar-refractivity contribution in [1.29, 1.82) is 0 Å². The lowest BCUT2D eigenvalue weighted by molar-refractivity contribution is 0.0951. The van der Waals surface area contributed by atoms with Gasteiger partial charge in [0.05, 0.1) is 11.8 Å². The van der Waals surface area contributed by atoms with E-state index in [2.05, 4.69) is 34.5 Å². The predicted octanol–water partition coefficient (Wildman–Crippen LogP) is 4.62. The molecule has 0 bridgehead atoms. The molecule has 1 N–H and O–H groups in total. The highest BCUT2D eigenvalue weighted by Crippen LogP contribution is 2.17. The van der Waals surface area contributed by atoms with Crippen LogP contribution in [-0.4, -0.2) is 18.7 Å². The van der Waals surface area contributed by atoms with Gasteiger partial charge in [-0.15, -0.1) is 0 Å². The highest BCUT2D eigenvalue weighted by Gasteiger charge is 2.09. The van der Waals surface area contributed by atoms with E-state index in [9.17, 15) is 9.18 Å². The fraction of sp³-hybridized carbons (Fsp3) is 0.130. The molecule has 0 saturated heterocycles. The first-order valence-electron chi connectivity index (χ1n) is 9.14. The highest BCUT2D eigenvalue weighted by atomic mass is 19.1. The molecule has 0 heterocycles. The largest absolute Gasteiger partial charge is 0.367 e. The predicted molar refractivity (Wildman–Crippen MR) is 111 cm³/mol. The van der Waals surface area contributed by atoms with Gasteiger partial charge in [0.2, 0.25) is 0 Å². The summed E-state index contributed by atoms with van der Waals surface area (Å²) in [6, 6.07) is 24.0. The van der Waals surface area contributed by atoms with E-state index in [-0.39, 0.29) is 5.56 Å². The maximum absolute atomic E-state index is 13.6. The van der Waals surface area contributed by atoms with Crippen LogP contribution < -0.4 is 10.3 Å². The first kappa shape index (κ1) is 19.3. The minimum atomic E-state index is -0.578. The van der Waals surface area contributed by atoms with Crippen LogP contribution in [0.25, 0.3) is 0 Å². The van der Waals surface area contributed by atoms with Crippen LogP contribution in [-0.2, 0) is 6.54 Å². The molecule has 4 nitrogen and oxygen atoms in total. The van der Waals surface area contributed by atoms with Gasteiger partial charge in [-0.3, -0.25) is 4.79 Å². The normalized spacial score (nSPS) is 10.8. The summed E-state index contributed by atoms with van der Waals surface area (Å²) in [7, 11) is 0. The molecule has 0 radical (unpaired) electrons. The second-order valence-corrected chi connectivity index (χ2v) is 6.27. The zero-order valence-electron chi connectivity index (χ0n) is 15.7. The maximum atomic E-state index is 13.6. The monoisotopic (exact) mass is 375 g/mol. The van der Waals surface area contributed by atoms with Crippen LogP contribution in [0.3, 0.4) is 0 Å². The number of carbonyl (C=O) groups excluding carboxylic acids is 1. The molecule has 28 heavy (non-hydrogen) atoms. The Kier molecular flexibility index (Phi) is 6.52. The summed E-state index contributed by atoms with van der Waals surface area (Å²) in [4.78, 5) is 14.2. The number of hydrazone groups is 1. The van der Waals surface area contributed by atoms with Crippen molar-refractivity contribution in [2.75, 3.05) is 11.4 Å². The standard InChI is InChI=1S/C23H22FN3O/c1-2-27(17-19-8-4-3-5-9-19)20-14-12-18(13-15-20)16-25-26-23(28)21-10-6-7-11-22(21)24/h3-16H,2,17H2,1H3,(H,26,28). The zero-order chi connectivity index (χ0) is 19.8. The number of carbonyl (C=O) groups is 1. The molecule has 0 fully saturated rings. The highest BCUT2D eigenvalue weighted by molar-refractivity contribution is 5.95. The minimum absolute atomic E-state index is 0.0329. The summed E-state index contributed by atoms with van der Waals surface area (Å²) in [5.74, 6) is -1.15. The summed E-state index contributed by atoms with van der Waals surface area (Å²) < 4.78 is 13.6. The fourth-order valence-electron chi connectivity index (χ4n) is 2.83. The number of nitrogens with zero attached hydrogens (tertiary/aromatic N) is 2.